The number of nitrogens with two attached hydrogens (primary N) is 1. The second-order valence-electron chi connectivity index (χ2n) is 4.94. The molecule has 108 valence electrons. The lowest BCUT2D eigenvalue weighted by Gasteiger charge is -2.39. The summed E-state index contributed by atoms with van der Waals surface area (Å²) in [5.74, 6) is -3.14. The molecular weight excluding hydrogens is 283 g/mol. The van der Waals surface area contributed by atoms with Gasteiger partial charge in [0.1, 0.15) is 6.04 Å². The molecule has 19 heavy (non-hydrogen) atoms. The number of rotatable bonds is 5. The number of carboxylic acid groups (broad SMARTS) is 1. The largest absolute Gasteiger partial charge is 0.480 e. The van der Waals surface area contributed by atoms with Crippen molar-refractivity contribution in [3.05, 3.63) is 10.5 Å². The van der Waals surface area contributed by atoms with E-state index < -0.39 is 29.4 Å². The topological polar surface area (TPSA) is 80.4 Å². The van der Waals surface area contributed by atoms with E-state index in [0.29, 0.717) is 6.42 Å². The second kappa shape index (κ2) is 5.16. The fraction of sp³-hybridized carbons (Fsp3) is 0.636. The molecule has 1 unspecified atom stereocenters. The number of aliphatic carboxylic acids is 1. The van der Waals surface area contributed by atoms with E-state index in [1.807, 2.05) is 0 Å². The van der Waals surface area contributed by atoms with Gasteiger partial charge >= 0.3 is 12.1 Å². The third kappa shape index (κ3) is 3.50. The molecule has 1 aliphatic carbocycles. The molecule has 0 spiro atoms. The van der Waals surface area contributed by atoms with Gasteiger partial charge in [0.15, 0.2) is 0 Å². The van der Waals surface area contributed by atoms with Crippen LogP contribution in [0.25, 0.3) is 0 Å². The Bertz CT molecular complexity index is 443. The number of allylic oxidation sites excluding steroid dienone is 2. The molecule has 0 saturated carbocycles. The molecular formula is C11H14F3NO3S. The smallest absolute Gasteiger partial charge is 0.454 e. The molecule has 1 rings (SSSR count). The number of Topliss-reactive ketones (excluding diaryl/α,β-unsaturated/α-hetero) is 1. The van der Waals surface area contributed by atoms with Gasteiger partial charge in [-0.05, 0) is 16.7 Å². The number of alkyl halides is 3. The first-order chi connectivity index (χ1) is 8.47. The van der Waals surface area contributed by atoms with E-state index >= 15 is 0 Å². The van der Waals surface area contributed by atoms with Crippen molar-refractivity contribution in [3.63, 3.8) is 0 Å². The molecule has 0 amide bonds. The number of carboxylic acids is 1. The van der Waals surface area contributed by atoms with Gasteiger partial charge in [0, 0.05) is 11.3 Å². The zero-order valence-electron chi connectivity index (χ0n) is 10.4. The van der Waals surface area contributed by atoms with Crippen molar-refractivity contribution in [1.29, 1.82) is 0 Å². The lowest BCUT2D eigenvalue weighted by molar-refractivity contribution is -0.168. The first kappa shape index (κ1) is 16.0. The van der Waals surface area contributed by atoms with Crippen LogP contribution in [0.15, 0.2) is 10.5 Å². The van der Waals surface area contributed by atoms with E-state index in [-0.39, 0.29) is 16.2 Å². The zero-order chi connectivity index (χ0) is 15.0. The maximum absolute atomic E-state index is 12.5. The van der Waals surface area contributed by atoms with Crippen molar-refractivity contribution >= 4 is 23.5 Å². The summed E-state index contributed by atoms with van der Waals surface area (Å²) in [5.41, 5.74) is 4.16. The Morgan fingerprint density at radius 2 is 2.00 bits per heavy atom. The van der Waals surface area contributed by atoms with E-state index in [1.165, 1.54) is 0 Å². The Hall–Kier alpha value is -1.02. The minimum absolute atomic E-state index is 0.0601. The highest BCUT2D eigenvalue weighted by Gasteiger charge is 2.51. The molecule has 4 nitrogen and oxygen atoms in total. The number of halogens is 3. The lowest BCUT2D eigenvalue weighted by atomic mass is 9.69. The number of thioether (sulfide) groups is 1. The van der Waals surface area contributed by atoms with E-state index in [1.54, 1.807) is 13.8 Å². The van der Waals surface area contributed by atoms with E-state index in [4.69, 9.17) is 10.8 Å². The van der Waals surface area contributed by atoms with Gasteiger partial charge in [0.25, 0.3) is 5.78 Å². The number of carbonyl (C=O) groups excluding carboxylic acids is 1. The predicted octanol–water partition coefficient (Wildman–Crippen LogP) is 1.95. The van der Waals surface area contributed by atoms with Gasteiger partial charge in [-0.1, -0.05) is 13.8 Å². The molecule has 0 radical (unpaired) electrons. The van der Waals surface area contributed by atoms with Crippen LogP contribution in [0.3, 0.4) is 0 Å². The maximum Gasteiger partial charge on any atom is 0.454 e. The molecule has 0 fully saturated rings. The average Bonchev–Trinajstić information content (AvgIpc) is 2.21. The van der Waals surface area contributed by atoms with E-state index in [9.17, 15) is 22.8 Å². The molecule has 3 N–H and O–H groups in total. The van der Waals surface area contributed by atoms with Crippen molar-refractivity contribution in [2.45, 2.75) is 32.5 Å². The Kier molecular flexibility index (Phi) is 4.36. The molecule has 1 aliphatic rings. The molecule has 0 aromatic carbocycles. The van der Waals surface area contributed by atoms with Crippen LogP contribution in [0.4, 0.5) is 13.2 Å². The Morgan fingerprint density at radius 1 is 1.47 bits per heavy atom. The van der Waals surface area contributed by atoms with Gasteiger partial charge in [-0.3, -0.25) is 9.59 Å². The lowest BCUT2D eigenvalue weighted by Crippen LogP contribution is -2.39. The highest BCUT2D eigenvalue weighted by atomic mass is 32.2. The van der Waals surface area contributed by atoms with Crippen molar-refractivity contribution in [2.24, 2.45) is 11.1 Å². The fourth-order valence-electron chi connectivity index (χ4n) is 1.81. The number of ketones is 1. The minimum atomic E-state index is -4.91. The van der Waals surface area contributed by atoms with Crippen LogP contribution >= 0.6 is 11.8 Å². The van der Waals surface area contributed by atoms with Crippen LogP contribution in [0.1, 0.15) is 20.3 Å². The van der Waals surface area contributed by atoms with Crippen LogP contribution in [-0.4, -0.2) is 34.8 Å². The summed E-state index contributed by atoms with van der Waals surface area (Å²) in [7, 11) is 0. The standard InChI is InChI=1S/C11H14F3NO3S/c1-10(2)3-6(19-4-5(15)9(17)18)7(10)8(16)11(12,13)14/h5H,3-4,15H2,1-2H3,(H,17,18). The monoisotopic (exact) mass is 297 g/mol. The number of carbonyl (C=O) groups is 2. The van der Waals surface area contributed by atoms with Gasteiger partial charge in [-0.25, -0.2) is 0 Å². The Balaban J connectivity index is 2.86. The van der Waals surface area contributed by atoms with Gasteiger partial charge < -0.3 is 10.8 Å². The SMILES string of the molecule is CC1(C)CC(SCC(N)C(=O)O)=C1C(=O)C(F)(F)F. The third-order valence-corrected chi connectivity index (χ3v) is 4.02. The molecule has 0 bridgehead atoms. The predicted molar refractivity (Wildman–Crippen MR) is 64.6 cm³/mol. The fourth-order valence-corrected chi connectivity index (χ4v) is 3.31. The van der Waals surface area contributed by atoms with Crippen LogP contribution in [0, 0.1) is 5.41 Å². The van der Waals surface area contributed by atoms with Gasteiger partial charge in [-0.15, -0.1) is 11.8 Å². The Morgan fingerprint density at radius 3 is 2.37 bits per heavy atom. The van der Waals surface area contributed by atoms with Gasteiger partial charge in [0.2, 0.25) is 0 Å². The highest BCUT2D eigenvalue weighted by molar-refractivity contribution is 8.03. The van der Waals surface area contributed by atoms with Crippen molar-refractivity contribution in [1.82, 2.24) is 0 Å². The molecule has 8 heteroatoms. The van der Waals surface area contributed by atoms with Crippen molar-refractivity contribution in [3.8, 4) is 0 Å². The highest BCUT2D eigenvalue weighted by Crippen LogP contribution is 2.52. The summed E-state index contributed by atoms with van der Waals surface area (Å²) in [6, 6.07) is -1.16. The van der Waals surface area contributed by atoms with Crippen LogP contribution in [0.5, 0.6) is 0 Å². The van der Waals surface area contributed by atoms with Gasteiger partial charge in [-0.2, -0.15) is 13.2 Å². The van der Waals surface area contributed by atoms with Crippen molar-refractivity contribution in [2.75, 3.05) is 5.75 Å². The summed E-state index contributed by atoms with van der Waals surface area (Å²) in [4.78, 5) is 22.1. The van der Waals surface area contributed by atoms with E-state index in [2.05, 4.69) is 0 Å². The molecule has 0 aromatic heterocycles. The molecule has 0 heterocycles. The Labute approximate surface area is 112 Å². The van der Waals surface area contributed by atoms with Gasteiger partial charge in [0.05, 0.1) is 0 Å². The summed E-state index contributed by atoms with van der Waals surface area (Å²) in [5, 5.41) is 8.59. The zero-order valence-corrected chi connectivity index (χ0v) is 11.2. The first-order valence-electron chi connectivity index (χ1n) is 5.43. The molecule has 0 aromatic rings. The van der Waals surface area contributed by atoms with Crippen LogP contribution in [-0.2, 0) is 9.59 Å². The average molecular weight is 297 g/mol. The molecule has 0 saturated heterocycles. The summed E-state index contributed by atoms with van der Waals surface area (Å²) in [6.07, 6.45) is -4.59. The molecule has 0 aliphatic heterocycles. The second-order valence-corrected chi connectivity index (χ2v) is 6.06. The maximum atomic E-state index is 12.5. The summed E-state index contributed by atoms with van der Waals surface area (Å²) in [6.45, 7) is 3.10. The van der Waals surface area contributed by atoms with E-state index in [0.717, 1.165) is 11.8 Å². The van der Waals surface area contributed by atoms with Crippen LogP contribution in [0.2, 0.25) is 0 Å². The normalized spacial score (nSPS) is 19.9. The quantitative estimate of drug-likeness (QED) is 0.810. The number of hydrogen-bond donors (Lipinski definition) is 2. The number of hydrogen-bond acceptors (Lipinski definition) is 4. The van der Waals surface area contributed by atoms with Crippen LogP contribution < -0.4 is 5.73 Å². The molecule has 1 atom stereocenters. The van der Waals surface area contributed by atoms with Crippen molar-refractivity contribution < 1.29 is 27.9 Å². The third-order valence-electron chi connectivity index (χ3n) is 2.80. The first-order valence-corrected chi connectivity index (χ1v) is 6.41. The summed E-state index contributed by atoms with van der Waals surface area (Å²) < 4.78 is 37.4. The minimum Gasteiger partial charge on any atom is -0.480 e. The summed E-state index contributed by atoms with van der Waals surface area (Å²) >= 11 is 0.907.